The second-order valence-electron chi connectivity index (χ2n) is 6.60. The van der Waals surface area contributed by atoms with Gasteiger partial charge in [-0.1, -0.05) is 12.5 Å². The van der Waals surface area contributed by atoms with Gasteiger partial charge >= 0.3 is 5.97 Å². The van der Waals surface area contributed by atoms with Crippen LogP contribution in [-0.4, -0.2) is 43.7 Å². The summed E-state index contributed by atoms with van der Waals surface area (Å²) in [5.41, 5.74) is 0.163. The summed E-state index contributed by atoms with van der Waals surface area (Å²) < 4.78 is 32.2. The average molecular weight is 365 g/mol. The standard InChI is InChI=1S/C18H23NO5S/c20-16-9-2-3-10-17(16)24-18(21)14-7-6-8-15(13-14)25(22,23)19-11-4-1-5-12-19/h6-8,13,17H,1-5,9-12H2/t17-/m0/s1. The molecule has 0 aromatic heterocycles. The number of piperidine rings is 1. The van der Waals surface area contributed by atoms with Crippen LogP contribution in [0.3, 0.4) is 0 Å². The van der Waals surface area contributed by atoms with E-state index in [4.69, 9.17) is 4.74 Å². The molecular formula is C18H23NO5S. The molecule has 2 fully saturated rings. The second-order valence-corrected chi connectivity index (χ2v) is 8.54. The van der Waals surface area contributed by atoms with Crippen LogP contribution in [0.15, 0.2) is 29.2 Å². The summed E-state index contributed by atoms with van der Waals surface area (Å²) in [6.07, 6.45) is 4.69. The van der Waals surface area contributed by atoms with Gasteiger partial charge in [-0.15, -0.1) is 0 Å². The van der Waals surface area contributed by atoms with Crippen LogP contribution < -0.4 is 0 Å². The van der Waals surface area contributed by atoms with E-state index in [9.17, 15) is 18.0 Å². The average Bonchev–Trinajstić information content (AvgIpc) is 2.64. The maximum absolute atomic E-state index is 12.7. The smallest absolute Gasteiger partial charge is 0.338 e. The third kappa shape index (κ3) is 4.10. The maximum Gasteiger partial charge on any atom is 0.338 e. The lowest BCUT2D eigenvalue weighted by molar-refractivity contribution is -0.129. The van der Waals surface area contributed by atoms with Crippen LogP contribution in [0, 0.1) is 0 Å². The molecule has 1 aromatic carbocycles. The van der Waals surface area contributed by atoms with E-state index in [2.05, 4.69) is 0 Å². The predicted molar refractivity (Wildman–Crippen MR) is 91.7 cm³/mol. The summed E-state index contributed by atoms with van der Waals surface area (Å²) in [7, 11) is -3.60. The zero-order chi connectivity index (χ0) is 17.9. The highest BCUT2D eigenvalue weighted by Gasteiger charge is 2.29. The van der Waals surface area contributed by atoms with Crippen LogP contribution in [-0.2, 0) is 19.6 Å². The number of benzene rings is 1. The summed E-state index contributed by atoms with van der Waals surface area (Å²) in [6, 6.07) is 5.90. The van der Waals surface area contributed by atoms with Crippen LogP contribution in [0.4, 0.5) is 0 Å². The van der Waals surface area contributed by atoms with Crippen molar-refractivity contribution in [1.29, 1.82) is 0 Å². The van der Waals surface area contributed by atoms with E-state index in [1.165, 1.54) is 28.6 Å². The molecule has 1 atom stereocenters. The molecule has 0 bridgehead atoms. The minimum absolute atomic E-state index is 0.0586. The highest BCUT2D eigenvalue weighted by atomic mass is 32.2. The number of hydrogen-bond acceptors (Lipinski definition) is 5. The first-order valence-corrected chi connectivity index (χ1v) is 10.3. The van der Waals surface area contributed by atoms with Gasteiger partial charge in [0.15, 0.2) is 11.9 Å². The molecule has 0 amide bonds. The van der Waals surface area contributed by atoms with Gasteiger partial charge in [-0.3, -0.25) is 4.79 Å². The predicted octanol–water partition coefficient (Wildman–Crippen LogP) is 2.53. The van der Waals surface area contributed by atoms with E-state index in [1.54, 1.807) is 0 Å². The molecule has 0 unspecified atom stereocenters. The molecule has 1 saturated carbocycles. The van der Waals surface area contributed by atoms with E-state index < -0.39 is 22.1 Å². The molecule has 7 heteroatoms. The van der Waals surface area contributed by atoms with Crippen LogP contribution in [0.1, 0.15) is 55.3 Å². The summed E-state index contributed by atoms with van der Waals surface area (Å²) in [5.74, 6) is -0.701. The monoisotopic (exact) mass is 365 g/mol. The Morgan fingerprint density at radius 2 is 1.84 bits per heavy atom. The zero-order valence-corrected chi connectivity index (χ0v) is 15.0. The first kappa shape index (κ1) is 18.1. The molecule has 1 aromatic rings. The fourth-order valence-corrected chi connectivity index (χ4v) is 4.87. The van der Waals surface area contributed by atoms with Gasteiger partial charge < -0.3 is 4.74 Å². The molecule has 1 aliphatic carbocycles. The molecule has 1 aliphatic heterocycles. The van der Waals surface area contributed by atoms with Gasteiger partial charge in [0.1, 0.15) is 0 Å². The summed E-state index contributed by atoms with van der Waals surface area (Å²) in [4.78, 5) is 24.2. The van der Waals surface area contributed by atoms with Crippen molar-refractivity contribution in [2.75, 3.05) is 13.1 Å². The van der Waals surface area contributed by atoms with E-state index in [0.29, 0.717) is 25.9 Å². The second kappa shape index (κ2) is 7.66. The molecular weight excluding hydrogens is 342 g/mol. The minimum Gasteiger partial charge on any atom is -0.451 e. The van der Waals surface area contributed by atoms with Gasteiger partial charge in [-0.25, -0.2) is 13.2 Å². The van der Waals surface area contributed by atoms with Crippen LogP contribution in [0.25, 0.3) is 0 Å². The zero-order valence-electron chi connectivity index (χ0n) is 14.1. The number of nitrogens with zero attached hydrogens (tertiary/aromatic N) is 1. The number of carbonyl (C=O) groups excluding carboxylic acids is 2. The third-order valence-electron chi connectivity index (χ3n) is 4.77. The Morgan fingerprint density at radius 1 is 1.08 bits per heavy atom. The summed E-state index contributed by atoms with van der Waals surface area (Å²) in [5, 5.41) is 0. The molecule has 2 aliphatic rings. The normalized spacial score (nSPS) is 22.6. The Balaban J connectivity index is 1.76. The molecule has 6 nitrogen and oxygen atoms in total. The van der Waals surface area contributed by atoms with Crippen molar-refractivity contribution in [3.8, 4) is 0 Å². The first-order valence-electron chi connectivity index (χ1n) is 8.82. The van der Waals surface area contributed by atoms with Crippen molar-refractivity contribution in [2.24, 2.45) is 0 Å². The fraction of sp³-hybridized carbons (Fsp3) is 0.556. The Kier molecular flexibility index (Phi) is 5.54. The summed E-state index contributed by atoms with van der Waals surface area (Å²) >= 11 is 0. The fourth-order valence-electron chi connectivity index (χ4n) is 3.31. The van der Waals surface area contributed by atoms with Crippen LogP contribution in [0.2, 0.25) is 0 Å². The highest BCUT2D eigenvalue weighted by molar-refractivity contribution is 7.89. The number of Topliss-reactive ketones (excluding diaryl/α,β-unsaturated/α-hetero) is 1. The molecule has 25 heavy (non-hydrogen) atoms. The van der Waals surface area contributed by atoms with Crippen LogP contribution >= 0.6 is 0 Å². The molecule has 1 heterocycles. The summed E-state index contributed by atoms with van der Waals surface area (Å²) in [6.45, 7) is 1.02. The number of hydrogen-bond donors (Lipinski definition) is 0. The van der Waals surface area contributed by atoms with Crippen molar-refractivity contribution >= 4 is 21.8 Å². The van der Waals surface area contributed by atoms with Gasteiger partial charge in [0, 0.05) is 19.5 Å². The topological polar surface area (TPSA) is 80.8 Å². The maximum atomic E-state index is 12.7. The van der Waals surface area contributed by atoms with Crippen molar-refractivity contribution in [3.63, 3.8) is 0 Å². The lowest BCUT2D eigenvalue weighted by Crippen LogP contribution is -2.35. The molecule has 1 saturated heterocycles. The number of carbonyl (C=O) groups is 2. The van der Waals surface area contributed by atoms with E-state index >= 15 is 0 Å². The van der Waals surface area contributed by atoms with Gasteiger partial charge in [-0.05, 0) is 50.3 Å². The molecule has 0 spiro atoms. The largest absolute Gasteiger partial charge is 0.451 e. The minimum atomic E-state index is -3.60. The SMILES string of the molecule is O=C(O[C@H]1CCCCC1=O)c1cccc(S(=O)(=O)N2CCCCC2)c1. The van der Waals surface area contributed by atoms with Gasteiger partial charge in [0.05, 0.1) is 10.5 Å². The highest BCUT2D eigenvalue weighted by Crippen LogP contribution is 2.23. The van der Waals surface area contributed by atoms with Crippen LogP contribution in [0.5, 0.6) is 0 Å². The quantitative estimate of drug-likeness (QED) is 0.766. The number of sulfonamides is 1. The lowest BCUT2D eigenvalue weighted by atomic mass is 9.96. The molecule has 0 radical (unpaired) electrons. The first-order chi connectivity index (χ1) is 12.0. The van der Waals surface area contributed by atoms with Crippen molar-refractivity contribution in [3.05, 3.63) is 29.8 Å². The number of ketones is 1. The van der Waals surface area contributed by atoms with Gasteiger partial charge in [-0.2, -0.15) is 4.31 Å². The van der Waals surface area contributed by atoms with E-state index in [-0.39, 0.29) is 16.2 Å². The van der Waals surface area contributed by atoms with Crippen molar-refractivity contribution < 1.29 is 22.7 Å². The Labute approximate surface area is 148 Å². The lowest BCUT2D eigenvalue weighted by Gasteiger charge is -2.26. The number of esters is 1. The Hall–Kier alpha value is -1.73. The number of rotatable bonds is 4. The van der Waals surface area contributed by atoms with Crippen molar-refractivity contribution in [1.82, 2.24) is 4.31 Å². The third-order valence-corrected chi connectivity index (χ3v) is 6.67. The Morgan fingerprint density at radius 3 is 2.56 bits per heavy atom. The van der Waals surface area contributed by atoms with Crippen molar-refractivity contribution in [2.45, 2.75) is 55.9 Å². The van der Waals surface area contributed by atoms with Gasteiger partial charge in [0.2, 0.25) is 10.0 Å². The molecule has 3 rings (SSSR count). The van der Waals surface area contributed by atoms with Gasteiger partial charge in [0.25, 0.3) is 0 Å². The molecule has 136 valence electrons. The Bertz CT molecular complexity index is 752. The number of ether oxygens (including phenoxy) is 1. The van der Waals surface area contributed by atoms with E-state index in [0.717, 1.165) is 32.1 Å². The molecule has 0 N–H and O–H groups in total. The van der Waals surface area contributed by atoms with E-state index in [1.807, 2.05) is 0 Å².